The number of aryl methyl sites for hydroxylation is 1. The lowest BCUT2D eigenvalue weighted by molar-refractivity contribution is -0.0693. The van der Waals surface area contributed by atoms with Crippen LogP contribution in [0, 0.1) is 0 Å². The molecule has 0 spiro atoms. The maximum absolute atomic E-state index is 14.4. The quantitative estimate of drug-likeness (QED) is 0.802. The summed E-state index contributed by atoms with van der Waals surface area (Å²) in [5, 5.41) is 7.45. The third-order valence-corrected chi connectivity index (χ3v) is 4.38. The van der Waals surface area contributed by atoms with Crippen molar-refractivity contribution in [3.8, 4) is 0 Å². The molecular weight excluding hydrogens is 326 g/mol. The van der Waals surface area contributed by atoms with Crippen LogP contribution in [0.2, 0.25) is 0 Å². The molecule has 1 fully saturated rings. The number of aromatic nitrogens is 2. The molecule has 0 atom stereocenters. The predicted molar refractivity (Wildman–Crippen MR) is 90.3 cm³/mol. The second kappa shape index (κ2) is 8.49. The molecule has 0 bridgehead atoms. The Bertz CT molecular complexity index is 621. The smallest absolute Gasteiger partial charge is 0.272 e. The minimum atomic E-state index is -2.71. The molecule has 136 valence electrons. The molecule has 7 heteroatoms. The van der Waals surface area contributed by atoms with E-state index < -0.39 is 5.92 Å². The zero-order valence-corrected chi connectivity index (χ0v) is 14.3. The Balaban J connectivity index is 1.49. The summed E-state index contributed by atoms with van der Waals surface area (Å²) in [5.74, 6) is -2.15. The third-order valence-electron chi connectivity index (χ3n) is 4.38. The summed E-state index contributed by atoms with van der Waals surface area (Å²) in [6.45, 7) is 2.18. The Morgan fingerprint density at radius 2 is 1.84 bits per heavy atom. The largest absolute Gasteiger partial charge is 0.428 e. The number of rotatable bonds is 6. The van der Waals surface area contributed by atoms with Crippen molar-refractivity contribution in [2.24, 2.45) is 0 Å². The Hall–Kier alpha value is -1.86. The molecule has 1 aliphatic heterocycles. The average molecular weight is 350 g/mol. The van der Waals surface area contributed by atoms with E-state index in [0.29, 0.717) is 38.5 Å². The number of nitrogens with zero attached hydrogens (tertiary/aromatic N) is 4. The molecule has 0 saturated carbocycles. The summed E-state index contributed by atoms with van der Waals surface area (Å²) < 4.78 is 33.9. The maximum Gasteiger partial charge on any atom is 0.272 e. The van der Waals surface area contributed by atoms with Crippen LogP contribution in [-0.4, -0.2) is 58.6 Å². The van der Waals surface area contributed by atoms with Gasteiger partial charge in [0, 0.05) is 13.0 Å². The van der Waals surface area contributed by atoms with Gasteiger partial charge in [0.25, 0.3) is 5.92 Å². The molecule has 2 heterocycles. The first-order valence-corrected chi connectivity index (χ1v) is 8.72. The molecule has 0 aliphatic carbocycles. The van der Waals surface area contributed by atoms with E-state index in [4.69, 9.17) is 4.42 Å². The van der Waals surface area contributed by atoms with Gasteiger partial charge in [0.2, 0.25) is 12.3 Å². The second-order valence-corrected chi connectivity index (χ2v) is 6.62. The van der Waals surface area contributed by atoms with Gasteiger partial charge in [0.1, 0.15) is 0 Å². The highest BCUT2D eigenvalue weighted by atomic mass is 19.3. The lowest BCUT2D eigenvalue weighted by Crippen LogP contribution is -2.48. The van der Waals surface area contributed by atoms with E-state index in [2.05, 4.69) is 10.2 Å². The number of benzene rings is 1. The normalized spacial score (nSPS) is 19.4. The molecule has 1 aliphatic rings. The van der Waals surface area contributed by atoms with Crippen LogP contribution in [0.15, 0.2) is 41.1 Å². The minimum Gasteiger partial charge on any atom is -0.428 e. The average Bonchev–Trinajstić information content (AvgIpc) is 3.07. The summed E-state index contributed by atoms with van der Waals surface area (Å²) in [7, 11) is 0. The van der Waals surface area contributed by atoms with Gasteiger partial charge < -0.3 is 4.42 Å². The van der Waals surface area contributed by atoms with Gasteiger partial charge in [0.15, 0.2) is 0 Å². The van der Waals surface area contributed by atoms with Crippen molar-refractivity contribution in [2.75, 3.05) is 32.7 Å². The van der Waals surface area contributed by atoms with Crippen LogP contribution >= 0.6 is 0 Å². The summed E-state index contributed by atoms with van der Waals surface area (Å²) in [4.78, 5) is 3.72. The van der Waals surface area contributed by atoms with Crippen molar-refractivity contribution in [1.82, 2.24) is 20.0 Å². The molecule has 25 heavy (non-hydrogen) atoms. The fourth-order valence-corrected chi connectivity index (χ4v) is 3.31. The number of hydrogen-bond donors (Lipinski definition) is 0. The molecule has 0 radical (unpaired) electrons. The number of halogens is 2. The molecular formula is C18H24F2N4O. The Kier molecular flexibility index (Phi) is 6.09. The molecule has 1 aromatic carbocycles. The lowest BCUT2D eigenvalue weighted by atomic mass is 10.1. The number of alkyl halides is 2. The standard InChI is InChI=1S/C18H24F2N4O/c19-18(20)13-23(9-4-8-17-22-21-15-25-17)10-5-11-24(14-18)12-16-6-2-1-3-7-16/h1-3,6-7,15H,4-5,8-14H2. The zero-order chi connectivity index (χ0) is 17.5. The molecule has 5 nitrogen and oxygen atoms in total. The Labute approximate surface area is 146 Å². The van der Waals surface area contributed by atoms with Crippen LogP contribution in [0.3, 0.4) is 0 Å². The third kappa shape index (κ3) is 5.86. The predicted octanol–water partition coefficient (Wildman–Crippen LogP) is 2.85. The van der Waals surface area contributed by atoms with Crippen molar-refractivity contribution in [2.45, 2.75) is 31.7 Å². The van der Waals surface area contributed by atoms with Crippen molar-refractivity contribution in [3.63, 3.8) is 0 Å². The van der Waals surface area contributed by atoms with Gasteiger partial charge in [-0.05, 0) is 38.0 Å². The van der Waals surface area contributed by atoms with Crippen LogP contribution < -0.4 is 0 Å². The molecule has 0 N–H and O–H groups in total. The highest BCUT2D eigenvalue weighted by Crippen LogP contribution is 2.22. The van der Waals surface area contributed by atoms with Crippen molar-refractivity contribution < 1.29 is 13.2 Å². The van der Waals surface area contributed by atoms with Gasteiger partial charge in [-0.25, -0.2) is 8.78 Å². The van der Waals surface area contributed by atoms with Gasteiger partial charge in [0.05, 0.1) is 13.1 Å². The highest BCUT2D eigenvalue weighted by Gasteiger charge is 2.35. The zero-order valence-electron chi connectivity index (χ0n) is 14.3. The maximum atomic E-state index is 14.4. The Morgan fingerprint density at radius 3 is 2.60 bits per heavy atom. The van der Waals surface area contributed by atoms with E-state index in [9.17, 15) is 8.78 Å². The first-order chi connectivity index (χ1) is 12.1. The van der Waals surface area contributed by atoms with Gasteiger partial charge >= 0.3 is 0 Å². The molecule has 1 saturated heterocycles. The first-order valence-electron chi connectivity index (χ1n) is 8.72. The summed E-state index contributed by atoms with van der Waals surface area (Å²) in [5.41, 5.74) is 1.08. The van der Waals surface area contributed by atoms with E-state index in [1.165, 1.54) is 6.39 Å². The van der Waals surface area contributed by atoms with Crippen molar-refractivity contribution >= 4 is 0 Å². The molecule has 1 aromatic heterocycles. The SMILES string of the molecule is FC1(F)CN(CCCc2nnco2)CCCN(Cc2ccccc2)C1. The fraction of sp³-hybridized carbons (Fsp3) is 0.556. The fourth-order valence-electron chi connectivity index (χ4n) is 3.31. The van der Waals surface area contributed by atoms with E-state index in [1.54, 1.807) is 0 Å². The van der Waals surface area contributed by atoms with Crippen LogP contribution in [0.25, 0.3) is 0 Å². The van der Waals surface area contributed by atoms with Gasteiger partial charge in [-0.15, -0.1) is 10.2 Å². The van der Waals surface area contributed by atoms with Gasteiger partial charge in [-0.3, -0.25) is 9.80 Å². The van der Waals surface area contributed by atoms with Gasteiger partial charge in [-0.1, -0.05) is 30.3 Å². The Morgan fingerprint density at radius 1 is 1.08 bits per heavy atom. The summed E-state index contributed by atoms with van der Waals surface area (Å²) in [6.07, 6.45) is 3.55. The minimum absolute atomic E-state index is 0.192. The van der Waals surface area contributed by atoms with Crippen molar-refractivity contribution in [3.05, 3.63) is 48.2 Å². The van der Waals surface area contributed by atoms with Crippen LogP contribution in [0.4, 0.5) is 8.78 Å². The first kappa shape index (κ1) is 17.9. The van der Waals surface area contributed by atoms with Crippen LogP contribution in [-0.2, 0) is 13.0 Å². The van der Waals surface area contributed by atoms with Crippen LogP contribution in [0.5, 0.6) is 0 Å². The number of hydrogen-bond acceptors (Lipinski definition) is 5. The van der Waals surface area contributed by atoms with Crippen LogP contribution in [0.1, 0.15) is 24.3 Å². The molecule has 0 unspecified atom stereocenters. The summed E-state index contributed by atoms with van der Waals surface area (Å²) >= 11 is 0. The highest BCUT2D eigenvalue weighted by molar-refractivity contribution is 5.14. The summed E-state index contributed by atoms with van der Waals surface area (Å²) in [6, 6.07) is 9.81. The molecule has 2 aromatic rings. The molecule has 3 rings (SSSR count). The van der Waals surface area contributed by atoms with E-state index in [0.717, 1.165) is 18.4 Å². The topological polar surface area (TPSA) is 45.4 Å². The van der Waals surface area contributed by atoms with E-state index >= 15 is 0 Å². The van der Waals surface area contributed by atoms with Gasteiger partial charge in [-0.2, -0.15) is 0 Å². The monoisotopic (exact) mass is 350 g/mol. The molecule has 0 amide bonds. The van der Waals surface area contributed by atoms with Crippen molar-refractivity contribution in [1.29, 1.82) is 0 Å². The van der Waals surface area contributed by atoms with E-state index in [1.807, 2.05) is 40.1 Å². The second-order valence-electron chi connectivity index (χ2n) is 6.62. The lowest BCUT2D eigenvalue weighted by Gasteiger charge is -2.35. The van der Waals surface area contributed by atoms with E-state index in [-0.39, 0.29) is 13.1 Å².